The number of hydrogen-bond acceptors (Lipinski definition) is 3. The molecular formula is C22H27F2N3O3S. The second-order valence-corrected chi connectivity index (χ2v) is 10.7. The molecule has 3 aromatic rings. The first-order valence-electron chi connectivity index (χ1n) is 10.4. The zero-order chi connectivity index (χ0) is 22.6. The Morgan fingerprint density at radius 3 is 2.06 bits per heavy atom. The molecular weight excluding hydrogens is 424 g/mol. The van der Waals surface area contributed by atoms with Crippen LogP contribution in [0.4, 0.5) is 8.78 Å². The number of rotatable bonds is 5. The van der Waals surface area contributed by atoms with Gasteiger partial charge in [0.05, 0.1) is 12.1 Å². The highest BCUT2D eigenvalue weighted by molar-refractivity contribution is 7.86. The number of β-amino-alcohol motifs (C(OH)–C–C–N with tert-alkyl or cyclic N) is 1. The fourth-order valence-electron chi connectivity index (χ4n) is 4.46. The van der Waals surface area contributed by atoms with E-state index in [-0.39, 0.29) is 19.1 Å². The van der Waals surface area contributed by atoms with Crippen LogP contribution in [0, 0.1) is 11.6 Å². The zero-order valence-corrected chi connectivity index (χ0v) is 18.7. The van der Waals surface area contributed by atoms with E-state index >= 15 is 0 Å². The van der Waals surface area contributed by atoms with Crippen LogP contribution in [0.25, 0.3) is 21.8 Å². The van der Waals surface area contributed by atoms with Crippen LogP contribution in [0.15, 0.2) is 36.4 Å². The molecule has 0 radical (unpaired) electrons. The second-order valence-electron chi connectivity index (χ2n) is 8.81. The molecule has 31 heavy (non-hydrogen) atoms. The first-order valence-corrected chi connectivity index (χ1v) is 11.8. The summed E-state index contributed by atoms with van der Waals surface area (Å²) in [5, 5.41) is 12.3. The Hall–Kier alpha value is -2.07. The Kier molecular flexibility index (Phi) is 5.58. The van der Waals surface area contributed by atoms with Gasteiger partial charge >= 0.3 is 0 Å². The van der Waals surface area contributed by atoms with E-state index < -0.39 is 27.4 Å². The van der Waals surface area contributed by atoms with Crippen molar-refractivity contribution in [3.8, 4) is 0 Å². The summed E-state index contributed by atoms with van der Waals surface area (Å²) in [5.74, 6) is -0.869. The summed E-state index contributed by atoms with van der Waals surface area (Å²) in [6, 6.07) is 8.35. The van der Waals surface area contributed by atoms with Crippen LogP contribution >= 0.6 is 0 Å². The zero-order valence-electron chi connectivity index (χ0n) is 17.8. The number of aliphatic hydroxyl groups is 1. The summed E-state index contributed by atoms with van der Waals surface area (Å²) >= 11 is 0. The van der Waals surface area contributed by atoms with Crippen molar-refractivity contribution in [2.75, 3.05) is 19.6 Å². The molecule has 2 aromatic carbocycles. The first kappa shape index (κ1) is 22.1. The quantitative estimate of drug-likeness (QED) is 0.646. The molecule has 1 fully saturated rings. The minimum Gasteiger partial charge on any atom is -0.387 e. The highest BCUT2D eigenvalue weighted by Gasteiger charge is 2.39. The number of fused-ring (bicyclic) bond motifs is 3. The van der Waals surface area contributed by atoms with Gasteiger partial charge in [0.15, 0.2) is 0 Å². The van der Waals surface area contributed by atoms with E-state index in [2.05, 4.69) is 0 Å². The Labute approximate surface area is 180 Å². The van der Waals surface area contributed by atoms with Gasteiger partial charge in [-0.15, -0.1) is 0 Å². The standard InChI is InChI=1S/C22H27F2N3O3S/c1-15(2)27-10-4-9-25(31(27,29)30)13-22(3,28)14-26-20-7-5-16(23)11-18(20)19-12-17(24)6-8-21(19)26/h5-8,11-12,15,28H,4,9-10,13-14H2,1-3H3. The van der Waals surface area contributed by atoms with Crippen LogP contribution in [0.1, 0.15) is 27.2 Å². The van der Waals surface area contributed by atoms with Crippen molar-refractivity contribution in [1.29, 1.82) is 0 Å². The molecule has 1 N–H and O–H groups in total. The lowest BCUT2D eigenvalue weighted by Gasteiger charge is -2.39. The number of benzene rings is 2. The molecule has 1 aliphatic rings. The Morgan fingerprint density at radius 1 is 1.00 bits per heavy atom. The number of hydrogen-bond donors (Lipinski definition) is 1. The molecule has 0 spiro atoms. The normalized spacial score (nSPS) is 20.0. The average Bonchev–Trinajstić information content (AvgIpc) is 2.94. The van der Waals surface area contributed by atoms with Crippen LogP contribution in [0.5, 0.6) is 0 Å². The maximum Gasteiger partial charge on any atom is 0.282 e. The molecule has 4 rings (SSSR count). The molecule has 0 saturated carbocycles. The SMILES string of the molecule is CC(C)N1CCCN(CC(C)(O)Cn2c3ccc(F)cc3c3cc(F)ccc32)S1(=O)=O. The summed E-state index contributed by atoms with van der Waals surface area (Å²) in [7, 11) is -3.67. The van der Waals surface area contributed by atoms with E-state index in [0.29, 0.717) is 41.3 Å². The van der Waals surface area contributed by atoms with Crippen molar-refractivity contribution < 1.29 is 22.3 Å². The fourth-order valence-corrected chi connectivity index (χ4v) is 6.45. The highest BCUT2D eigenvalue weighted by atomic mass is 32.2. The van der Waals surface area contributed by atoms with Crippen molar-refractivity contribution >= 4 is 32.0 Å². The molecule has 2 heterocycles. The topological polar surface area (TPSA) is 65.8 Å². The third-order valence-electron chi connectivity index (χ3n) is 5.79. The summed E-state index contributed by atoms with van der Waals surface area (Å²) in [6.07, 6.45) is 0.682. The molecule has 1 atom stereocenters. The van der Waals surface area contributed by atoms with Crippen LogP contribution in [0.2, 0.25) is 0 Å². The predicted octanol–water partition coefficient (Wildman–Crippen LogP) is 3.48. The van der Waals surface area contributed by atoms with Gasteiger partial charge in [0.2, 0.25) is 0 Å². The molecule has 1 saturated heterocycles. The molecule has 0 aliphatic carbocycles. The lowest BCUT2D eigenvalue weighted by atomic mass is 10.1. The summed E-state index contributed by atoms with van der Waals surface area (Å²) in [5.41, 5.74) is -0.116. The van der Waals surface area contributed by atoms with Crippen LogP contribution in [0.3, 0.4) is 0 Å². The minimum absolute atomic E-state index is 0.0674. The molecule has 0 bridgehead atoms. The molecule has 1 aliphatic heterocycles. The van der Waals surface area contributed by atoms with Gasteiger partial charge in [-0.2, -0.15) is 17.0 Å². The van der Waals surface area contributed by atoms with Gasteiger partial charge in [-0.05, 0) is 63.6 Å². The van der Waals surface area contributed by atoms with Crippen molar-refractivity contribution in [3.05, 3.63) is 48.0 Å². The minimum atomic E-state index is -3.67. The number of halogens is 2. The van der Waals surface area contributed by atoms with Crippen molar-refractivity contribution in [3.63, 3.8) is 0 Å². The molecule has 168 valence electrons. The van der Waals surface area contributed by atoms with E-state index in [1.165, 1.54) is 32.9 Å². The summed E-state index contributed by atoms with van der Waals surface area (Å²) in [4.78, 5) is 0. The monoisotopic (exact) mass is 451 g/mol. The van der Waals surface area contributed by atoms with E-state index in [9.17, 15) is 22.3 Å². The van der Waals surface area contributed by atoms with Crippen LogP contribution in [-0.4, -0.2) is 58.0 Å². The van der Waals surface area contributed by atoms with Crippen molar-refractivity contribution in [2.24, 2.45) is 0 Å². The fraction of sp³-hybridized carbons (Fsp3) is 0.455. The van der Waals surface area contributed by atoms with E-state index in [4.69, 9.17) is 0 Å². The van der Waals surface area contributed by atoms with Crippen LogP contribution in [-0.2, 0) is 16.8 Å². The molecule has 9 heteroatoms. The molecule has 1 aromatic heterocycles. The molecule has 0 amide bonds. The van der Waals surface area contributed by atoms with Crippen LogP contribution < -0.4 is 0 Å². The first-order chi connectivity index (χ1) is 14.5. The third kappa shape index (κ3) is 4.07. The predicted molar refractivity (Wildman–Crippen MR) is 117 cm³/mol. The number of nitrogens with zero attached hydrogens (tertiary/aromatic N) is 3. The third-order valence-corrected chi connectivity index (χ3v) is 7.95. The smallest absolute Gasteiger partial charge is 0.282 e. The lowest BCUT2D eigenvalue weighted by Crippen LogP contribution is -2.56. The average molecular weight is 452 g/mol. The van der Waals surface area contributed by atoms with Crippen molar-refractivity contribution in [2.45, 2.75) is 45.4 Å². The van der Waals surface area contributed by atoms with Gasteiger partial charge in [-0.3, -0.25) is 0 Å². The maximum absolute atomic E-state index is 13.9. The van der Waals surface area contributed by atoms with E-state index in [0.717, 1.165) is 0 Å². The largest absolute Gasteiger partial charge is 0.387 e. The Bertz CT molecular complexity index is 1180. The van der Waals surface area contributed by atoms with Gasteiger partial charge < -0.3 is 9.67 Å². The van der Waals surface area contributed by atoms with Gasteiger partial charge in [0, 0.05) is 47.5 Å². The van der Waals surface area contributed by atoms with Gasteiger partial charge in [-0.1, -0.05) is 0 Å². The Balaban J connectivity index is 1.71. The van der Waals surface area contributed by atoms with Gasteiger partial charge in [0.25, 0.3) is 10.2 Å². The number of aromatic nitrogens is 1. The van der Waals surface area contributed by atoms with E-state index in [1.54, 1.807) is 23.6 Å². The second kappa shape index (κ2) is 7.81. The lowest BCUT2D eigenvalue weighted by molar-refractivity contribution is 0.0218. The molecule has 6 nitrogen and oxygen atoms in total. The van der Waals surface area contributed by atoms with Gasteiger partial charge in [0.1, 0.15) is 11.6 Å². The van der Waals surface area contributed by atoms with Crippen molar-refractivity contribution in [1.82, 2.24) is 13.2 Å². The maximum atomic E-state index is 13.9. The summed E-state index contributed by atoms with van der Waals surface area (Å²) < 4.78 is 58.3. The molecule has 1 unspecified atom stereocenters. The van der Waals surface area contributed by atoms with Gasteiger partial charge in [-0.25, -0.2) is 8.78 Å². The Morgan fingerprint density at radius 2 is 1.55 bits per heavy atom. The summed E-state index contributed by atoms with van der Waals surface area (Å²) in [6.45, 7) is 6.03. The van der Waals surface area contributed by atoms with E-state index in [1.807, 2.05) is 13.8 Å². The highest BCUT2D eigenvalue weighted by Crippen LogP contribution is 2.32.